The maximum atomic E-state index is 12.3. The van der Waals surface area contributed by atoms with Crippen LogP contribution in [0.3, 0.4) is 0 Å². The molecule has 0 heterocycles. The van der Waals surface area contributed by atoms with E-state index in [0.29, 0.717) is 11.6 Å². The number of nitrogens with one attached hydrogen (secondary N) is 2. The van der Waals surface area contributed by atoms with E-state index in [1.807, 2.05) is 38.4 Å². The molecule has 0 aromatic heterocycles. The smallest absolute Gasteiger partial charge is 0.223 e. The third kappa shape index (κ3) is 6.96. The summed E-state index contributed by atoms with van der Waals surface area (Å²) >= 11 is 5.87. The molecule has 0 atom stereocenters. The molecular formula is C20H30ClN3O2. The molecule has 0 unspecified atom stereocenters. The van der Waals surface area contributed by atoms with Crippen LogP contribution in [0.4, 0.5) is 0 Å². The molecule has 0 spiro atoms. The van der Waals surface area contributed by atoms with Crippen LogP contribution >= 0.6 is 11.6 Å². The van der Waals surface area contributed by atoms with Crippen molar-refractivity contribution < 1.29 is 9.59 Å². The SMILES string of the molecule is CN(C)CCCNC(=O)C1CCC(C(=O)NCc2ccc(Cl)cc2)CC1. The van der Waals surface area contributed by atoms with E-state index >= 15 is 0 Å². The fourth-order valence-electron chi connectivity index (χ4n) is 3.30. The molecule has 26 heavy (non-hydrogen) atoms. The summed E-state index contributed by atoms with van der Waals surface area (Å²) in [6.45, 7) is 2.21. The van der Waals surface area contributed by atoms with Gasteiger partial charge >= 0.3 is 0 Å². The minimum Gasteiger partial charge on any atom is -0.356 e. The average molecular weight is 380 g/mol. The van der Waals surface area contributed by atoms with Gasteiger partial charge in [-0.2, -0.15) is 0 Å². The van der Waals surface area contributed by atoms with Gasteiger partial charge in [-0.15, -0.1) is 0 Å². The first-order chi connectivity index (χ1) is 12.5. The van der Waals surface area contributed by atoms with Crippen molar-refractivity contribution in [1.29, 1.82) is 0 Å². The molecular weight excluding hydrogens is 350 g/mol. The van der Waals surface area contributed by atoms with Gasteiger partial charge in [0.2, 0.25) is 11.8 Å². The lowest BCUT2D eigenvalue weighted by Gasteiger charge is -2.27. The number of rotatable bonds is 8. The Hall–Kier alpha value is -1.59. The van der Waals surface area contributed by atoms with Gasteiger partial charge in [0, 0.05) is 29.9 Å². The number of benzene rings is 1. The van der Waals surface area contributed by atoms with Gasteiger partial charge in [0.05, 0.1) is 0 Å². The molecule has 0 saturated heterocycles. The molecule has 2 amide bonds. The zero-order chi connectivity index (χ0) is 18.9. The van der Waals surface area contributed by atoms with Crippen LogP contribution in [0.1, 0.15) is 37.7 Å². The second-order valence-corrected chi connectivity index (χ2v) is 7.78. The van der Waals surface area contributed by atoms with E-state index in [-0.39, 0.29) is 23.7 Å². The van der Waals surface area contributed by atoms with E-state index in [9.17, 15) is 9.59 Å². The van der Waals surface area contributed by atoms with Crippen molar-refractivity contribution in [3.05, 3.63) is 34.9 Å². The van der Waals surface area contributed by atoms with Crippen molar-refractivity contribution >= 4 is 23.4 Å². The molecule has 1 fully saturated rings. The third-order valence-corrected chi connectivity index (χ3v) is 5.18. The van der Waals surface area contributed by atoms with Crippen molar-refractivity contribution in [2.45, 2.75) is 38.6 Å². The molecule has 1 aliphatic rings. The number of hydrogen-bond donors (Lipinski definition) is 2. The zero-order valence-electron chi connectivity index (χ0n) is 15.8. The zero-order valence-corrected chi connectivity index (χ0v) is 16.5. The van der Waals surface area contributed by atoms with Gasteiger partial charge in [0.25, 0.3) is 0 Å². The predicted octanol–water partition coefficient (Wildman–Crippen LogP) is 2.83. The highest BCUT2D eigenvalue weighted by molar-refractivity contribution is 6.30. The molecule has 1 saturated carbocycles. The van der Waals surface area contributed by atoms with Gasteiger partial charge in [0.1, 0.15) is 0 Å². The molecule has 2 N–H and O–H groups in total. The van der Waals surface area contributed by atoms with Crippen molar-refractivity contribution in [2.75, 3.05) is 27.2 Å². The number of halogens is 1. The highest BCUT2D eigenvalue weighted by Gasteiger charge is 2.29. The summed E-state index contributed by atoms with van der Waals surface area (Å²) in [6.07, 6.45) is 4.10. The van der Waals surface area contributed by atoms with E-state index in [4.69, 9.17) is 11.6 Å². The number of amides is 2. The Morgan fingerprint density at radius 2 is 1.54 bits per heavy atom. The lowest BCUT2D eigenvalue weighted by Crippen LogP contribution is -2.38. The third-order valence-electron chi connectivity index (χ3n) is 4.93. The fourth-order valence-corrected chi connectivity index (χ4v) is 3.43. The first kappa shape index (κ1) is 20.7. The Morgan fingerprint density at radius 3 is 2.08 bits per heavy atom. The molecule has 6 heteroatoms. The summed E-state index contributed by atoms with van der Waals surface area (Å²) in [5.74, 6) is 0.295. The molecule has 0 radical (unpaired) electrons. The van der Waals surface area contributed by atoms with E-state index < -0.39 is 0 Å². The van der Waals surface area contributed by atoms with Crippen LogP contribution in [-0.2, 0) is 16.1 Å². The summed E-state index contributed by atoms with van der Waals surface area (Å²) < 4.78 is 0. The average Bonchev–Trinajstić information content (AvgIpc) is 2.64. The molecule has 0 aliphatic heterocycles. The standard InChI is InChI=1S/C20H30ClN3O2/c1-24(2)13-3-12-22-19(25)16-6-8-17(9-7-16)20(26)23-14-15-4-10-18(21)11-5-15/h4-5,10-11,16-17H,3,6-9,12-14H2,1-2H3,(H,22,25)(H,23,26). The quantitative estimate of drug-likeness (QED) is 0.683. The normalized spacial score (nSPS) is 20.0. The lowest BCUT2D eigenvalue weighted by atomic mass is 9.81. The van der Waals surface area contributed by atoms with E-state index in [1.54, 1.807) is 0 Å². The van der Waals surface area contributed by atoms with Crippen LogP contribution < -0.4 is 10.6 Å². The van der Waals surface area contributed by atoms with Crippen molar-refractivity contribution in [3.8, 4) is 0 Å². The van der Waals surface area contributed by atoms with Gasteiger partial charge in [-0.05, 0) is 70.4 Å². The number of carbonyl (C=O) groups is 2. The summed E-state index contributed by atoms with van der Waals surface area (Å²) in [4.78, 5) is 26.7. The van der Waals surface area contributed by atoms with Crippen LogP contribution in [0.15, 0.2) is 24.3 Å². The highest BCUT2D eigenvalue weighted by atomic mass is 35.5. The fraction of sp³-hybridized carbons (Fsp3) is 0.600. The molecule has 2 rings (SSSR count). The van der Waals surface area contributed by atoms with E-state index in [2.05, 4.69) is 15.5 Å². The predicted molar refractivity (Wildman–Crippen MR) is 105 cm³/mol. The monoisotopic (exact) mass is 379 g/mol. The Bertz CT molecular complexity index is 581. The molecule has 1 aromatic rings. The summed E-state index contributed by atoms with van der Waals surface area (Å²) in [7, 11) is 4.06. The van der Waals surface area contributed by atoms with E-state index in [1.165, 1.54) is 0 Å². The minimum absolute atomic E-state index is 0.0140. The summed E-state index contributed by atoms with van der Waals surface area (Å²) in [5, 5.41) is 6.72. The van der Waals surface area contributed by atoms with Crippen LogP contribution in [-0.4, -0.2) is 43.9 Å². The van der Waals surface area contributed by atoms with Crippen molar-refractivity contribution in [1.82, 2.24) is 15.5 Å². The number of nitrogens with zero attached hydrogens (tertiary/aromatic N) is 1. The van der Waals surface area contributed by atoms with Gasteiger partial charge in [-0.25, -0.2) is 0 Å². The van der Waals surface area contributed by atoms with Gasteiger partial charge in [0.15, 0.2) is 0 Å². The lowest BCUT2D eigenvalue weighted by molar-refractivity contribution is -0.130. The number of hydrogen-bond acceptors (Lipinski definition) is 3. The van der Waals surface area contributed by atoms with Crippen molar-refractivity contribution in [2.24, 2.45) is 11.8 Å². The Morgan fingerprint density at radius 1 is 1.00 bits per heavy atom. The Balaban J connectivity index is 1.66. The maximum absolute atomic E-state index is 12.3. The first-order valence-corrected chi connectivity index (χ1v) is 9.78. The molecule has 0 bridgehead atoms. The second-order valence-electron chi connectivity index (χ2n) is 7.34. The molecule has 5 nitrogen and oxygen atoms in total. The maximum Gasteiger partial charge on any atom is 0.223 e. The van der Waals surface area contributed by atoms with Crippen LogP contribution in [0, 0.1) is 11.8 Å². The summed E-state index contributed by atoms with van der Waals surface area (Å²) in [6, 6.07) is 7.48. The van der Waals surface area contributed by atoms with Crippen LogP contribution in [0.25, 0.3) is 0 Å². The van der Waals surface area contributed by atoms with Crippen LogP contribution in [0.5, 0.6) is 0 Å². The second kappa shape index (κ2) is 10.5. The topological polar surface area (TPSA) is 61.4 Å². The number of carbonyl (C=O) groups excluding carboxylic acids is 2. The van der Waals surface area contributed by atoms with Crippen molar-refractivity contribution in [3.63, 3.8) is 0 Å². The van der Waals surface area contributed by atoms with E-state index in [0.717, 1.165) is 50.8 Å². The van der Waals surface area contributed by atoms with Gasteiger partial charge in [-0.3, -0.25) is 9.59 Å². The highest BCUT2D eigenvalue weighted by Crippen LogP contribution is 2.29. The largest absolute Gasteiger partial charge is 0.356 e. The first-order valence-electron chi connectivity index (χ1n) is 9.40. The molecule has 1 aliphatic carbocycles. The van der Waals surface area contributed by atoms with Gasteiger partial charge in [-0.1, -0.05) is 23.7 Å². The summed E-state index contributed by atoms with van der Waals surface area (Å²) in [5.41, 5.74) is 1.04. The molecule has 144 valence electrons. The van der Waals surface area contributed by atoms with Gasteiger partial charge < -0.3 is 15.5 Å². The van der Waals surface area contributed by atoms with Crippen LogP contribution in [0.2, 0.25) is 5.02 Å². The minimum atomic E-state index is 0.0140. The Kier molecular flexibility index (Phi) is 8.39. The Labute approximate surface area is 161 Å². The molecule has 1 aromatic carbocycles.